The summed E-state index contributed by atoms with van der Waals surface area (Å²) in [6.07, 6.45) is -4.62. The van der Waals surface area contributed by atoms with E-state index >= 15 is 0 Å². The number of nitriles is 1. The number of alkyl halides is 3. The first-order valence-electron chi connectivity index (χ1n) is 7.28. The molecule has 0 spiro atoms. The smallest absolute Gasteiger partial charge is 0.339 e. The lowest BCUT2D eigenvalue weighted by atomic mass is 10.00. The molecule has 0 saturated heterocycles. The minimum absolute atomic E-state index is 0.127. The van der Waals surface area contributed by atoms with Crippen LogP contribution in [0.15, 0.2) is 47.4 Å². The number of thioether (sulfide) groups is 1. The predicted octanol–water partition coefficient (Wildman–Crippen LogP) is 4.58. The van der Waals surface area contributed by atoms with E-state index in [9.17, 15) is 22.8 Å². The second-order valence-electron chi connectivity index (χ2n) is 5.49. The molecule has 1 amide bonds. The van der Waals surface area contributed by atoms with Crippen molar-refractivity contribution in [3.63, 3.8) is 0 Å². The third-order valence-electron chi connectivity index (χ3n) is 3.39. The van der Waals surface area contributed by atoms with Gasteiger partial charge < -0.3 is 4.90 Å². The highest BCUT2D eigenvalue weighted by atomic mass is 32.2. The minimum Gasteiger partial charge on any atom is -0.339 e. The highest BCUT2D eigenvalue weighted by Gasteiger charge is 2.32. The molecule has 26 heavy (non-hydrogen) atoms. The van der Waals surface area contributed by atoms with Crippen LogP contribution < -0.4 is 0 Å². The maximum absolute atomic E-state index is 13.0. The fraction of sp³-hybridized carbons (Fsp3) is 0.167. The van der Waals surface area contributed by atoms with Gasteiger partial charge in [-0.25, -0.2) is 0 Å². The van der Waals surface area contributed by atoms with Crippen molar-refractivity contribution < 1.29 is 22.8 Å². The zero-order chi connectivity index (χ0) is 19.5. The SMILES string of the molecule is CN(C)C(=O)Sc1ccc(C(F)(F)F)cc1C(=O)c1ccc(C#N)cc1. The van der Waals surface area contributed by atoms with Gasteiger partial charge in [0, 0.05) is 30.1 Å². The molecular formula is C18H13F3N2O2S. The summed E-state index contributed by atoms with van der Waals surface area (Å²) < 4.78 is 39.1. The molecule has 0 saturated carbocycles. The highest BCUT2D eigenvalue weighted by Crippen LogP contribution is 2.34. The van der Waals surface area contributed by atoms with Crippen molar-refractivity contribution in [2.75, 3.05) is 14.1 Å². The third kappa shape index (κ3) is 4.43. The molecule has 4 nitrogen and oxygen atoms in total. The van der Waals surface area contributed by atoms with Gasteiger partial charge in [-0.2, -0.15) is 18.4 Å². The first-order valence-corrected chi connectivity index (χ1v) is 8.10. The van der Waals surface area contributed by atoms with E-state index in [1.165, 1.54) is 43.3 Å². The molecule has 0 aliphatic rings. The topological polar surface area (TPSA) is 61.2 Å². The monoisotopic (exact) mass is 378 g/mol. The average Bonchev–Trinajstić information content (AvgIpc) is 2.60. The molecule has 2 aromatic carbocycles. The highest BCUT2D eigenvalue weighted by molar-refractivity contribution is 8.13. The van der Waals surface area contributed by atoms with Crippen LogP contribution in [-0.4, -0.2) is 30.0 Å². The van der Waals surface area contributed by atoms with E-state index in [2.05, 4.69) is 0 Å². The lowest BCUT2D eigenvalue weighted by Crippen LogP contribution is -2.17. The van der Waals surface area contributed by atoms with E-state index in [0.717, 1.165) is 18.2 Å². The van der Waals surface area contributed by atoms with E-state index < -0.39 is 22.8 Å². The molecule has 2 aromatic rings. The number of rotatable bonds is 3. The van der Waals surface area contributed by atoms with Crippen molar-refractivity contribution in [2.24, 2.45) is 0 Å². The first-order chi connectivity index (χ1) is 12.1. The second-order valence-corrected chi connectivity index (χ2v) is 6.48. The summed E-state index contributed by atoms with van der Waals surface area (Å²) in [5.74, 6) is -0.658. The van der Waals surface area contributed by atoms with Crippen LogP contribution in [0.5, 0.6) is 0 Å². The van der Waals surface area contributed by atoms with Crippen molar-refractivity contribution >= 4 is 22.8 Å². The van der Waals surface area contributed by atoms with Crippen molar-refractivity contribution in [3.8, 4) is 6.07 Å². The van der Waals surface area contributed by atoms with Gasteiger partial charge in [-0.3, -0.25) is 9.59 Å². The van der Waals surface area contributed by atoms with Crippen LogP contribution in [0, 0.1) is 11.3 Å². The number of ketones is 1. The number of amides is 1. The number of halogens is 3. The van der Waals surface area contributed by atoms with E-state index in [0.29, 0.717) is 17.3 Å². The third-order valence-corrected chi connectivity index (χ3v) is 4.51. The Hall–Kier alpha value is -2.79. The summed E-state index contributed by atoms with van der Waals surface area (Å²) in [7, 11) is 3.00. The average molecular weight is 378 g/mol. The maximum Gasteiger partial charge on any atom is 0.416 e. The Morgan fingerprint density at radius 3 is 2.19 bits per heavy atom. The first kappa shape index (κ1) is 19.5. The van der Waals surface area contributed by atoms with Crippen LogP contribution in [0.1, 0.15) is 27.0 Å². The van der Waals surface area contributed by atoms with Gasteiger partial charge in [0.05, 0.1) is 17.2 Å². The lowest BCUT2D eigenvalue weighted by Gasteiger charge is -2.14. The Balaban J connectivity index is 2.52. The molecule has 134 valence electrons. The molecule has 0 aliphatic heterocycles. The number of benzene rings is 2. The van der Waals surface area contributed by atoms with Gasteiger partial charge in [-0.15, -0.1) is 0 Å². The van der Waals surface area contributed by atoms with Crippen LogP contribution in [-0.2, 0) is 6.18 Å². The van der Waals surface area contributed by atoms with Crippen molar-refractivity contribution in [2.45, 2.75) is 11.1 Å². The van der Waals surface area contributed by atoms with Gasteiger partial charge in [-0.1, -0.05) is 0 Å². The number of carbonyl (C=O) groups excluding carboxylic acids is 2. The zero-order valence-electron chi connectivity index (χ0n) is 13.8. The molecule has 0 aromatic heterocycles. The van der Waals surface area contributed by atoms with Gasteiger partial charge in [-0.05, 0) is 54.2 Å². The summed E-state index contributed by atoms with van der Waals surface area (Å²) in [5, 5.41) is 8.38. The summed E-state index contributed by atoms with van der Waals surface area (Å²) in [5.41, 5.74) is -0.744. The summed E-state index contributed by atoms with van der Waals surface area (Å²) >= 11 is 0.675. The largest absolute Gasteiger partial charge is 0.416 e. The zero-order valence-corrected chi connectivity index (χ0v) is 14.6. The fourth-order valence-corrected chi connectivity index (χ4v) is 2.78. The molecule has 2 rings (SSSR count). The quantitative estimate of drug-likeness (QED) is 0.579. The van der Waals surface area contributed by atoms with Crippen molar-refractivity contribution in [3.05, 3.63) is 64.7 Å². The van der Waals surface area contributed by atoms with Gasteiger partial charge >= 0.3 is 6.18 Å². The molecule has 0 atom stereocenters. The Kier molecular flexibility index (Phi) is 5.73. The van der Waals surface area contributed by atoms with Gasteiger partial charge in [0.2, 0.25) is 0 Å². The van der Waals surface area contributed by atoms with Crippen molar-refractivity contribution in [1.82, 2.24) is 4.90 Å². The normalized spacial score (nSPS) is 10.9. The van der Waals surface area contributed by atoms with Crippen molar-refractivity contribution in [1.29, 1.82) is 5.26 Å². The van der Waals surface area contributed by atoms with E-state index in [4.69, 9.17) is 5.26 Å². The van der Waals surface area contributed by atoms with E-state index in [1.54, 1.807) is 0 Å². The molecule has 0 fully saturated rings. The Morgan fingerprint density at radius 2 is 1.69 bits per heavy atom. The van der Waals surface area contributed by atoms with Crippen LogP contribution in [0.25, 0.3) is 0 Å². The number of hydrogen-bond donors (Lipinski definition) is 0. The second kappa shape index (κ2) is 7.62. The summed E-state index contributed by atoms with van der Waals surface area (Å²) in [6, 6.07) is 10.1. The standard InChI is InChI=1S/C18H13F3N2O2S/c1-23(2)17(25)26-15-8-7-13(18(19,20)21)9-14(15)16(24)12-5-3-11(10-22)4-6-12/h3-9H,1-2H3. The van der Waals surface area contributed by atoms with Crippen LogP contribution in [0.2, 0.25) is 0 Å². The van der Waals surface area contributed by atoms with Gasteiger partial charge in [0.1, 0.15) is 0 Å². The molecule has 0 heterocycles. The van der Waals surface area contributed by atoms with E-state index in [-0.39, 0.29) is 16.0 Å². The Morgan fingerprint density at radius 1 is 1.08 bits per heavy atom. The molecule has 0 N–H and O–H groups in total. The van der Waals surface area contributed by atoms with Crippen LogP contribution in [0.3, 0.4) is 0 Å². The number of carbonyl (C=O) groups is 2. The Labute approximate surface area is 152 Å². The van der Waals surface area contributed by atoms with E-state index in [1.807, 2.05) is 6.07 Å². The van der Waals surface area contributed by atoms with Crippen LogP contribution in [0.4, 0.5) is 18.0 Å². The summed E-state index contributed by atoms with van der Waals surface area (Å²) in [6.45, 7) is 0. The van der Waals surface area contributed by atoms with Crippen LogP contribution >= 0.6 is 11.8 Å². The molecule has 0 radical (unpaired) electrons. The fourth-order valence-electron chi connectivity index (χ4n) is 2.01. The lowest BCUT2D eigenvalue weighted by molar-refractivity contribution is -0.137. The predicted molar refractivity (Wildman–Crippen MR) is 91.0 cm³/mol. The molecule has 0 unspecified atom stereocenters. The number of nitrogens with zero attached hydrogens (tertiary/aromatic N) is 2. The van der Waals surface area contributed by atoms with Gasteiger partial charge in [0.15, 0.2) is 5.78 Å². The molecule has 8 heteroatoms. The molecular weight excluding hydrogens is 365 g/mol. The number of hydrogen-bond acceptors (Lipinski definition) is 4. The molecule has 0 aliphatic carbocycles. The minimum atomic E-state index is -4.62. The summed E-state index contributed by atoms with van der Waals surface area (Å²) in [4.78, 5) is 26.0. The van der Waals surface area contributed by atoms with Gasteiger partial charge in [0.25, 0.3) is 5.24 Å². The molecule has 0 bridgehead atoms. The maximum atomic E-state index is 13.0. The Bertz CT molecular complexity index is 885.